The van der Waals surface area contributed by atoms with Gasteiger partial charge in [-0.2, -0.15) is 4.98 Å². The van der Waals surface area contributed by atoms with Gasteiger partial charge in [0, 0.05) is 18.2 Å². The molecule has 144 valence electrons. The molecule has 3 aromatic rings. The summed E-state index contributed by atoms with van der Waals surface area (Å²) in [6.45, 7) is 3.63. The number of amides is 1. The van der Waals surface area contributed by atoms with Gasteiger partial charge in [0.1, 0.15) is 5.69 Å². The SMILES string of the molecule is CCc1nc(-c2ccc3c(c2)CC[C@H]3NC(=O)c2cc(C(C)O)ccn2)no1. The number of hydrogen-bond donors (Lipinski definition) is 2. The van der Waals surface area contributed by atoms with Crippen molar-refractivity contribution in [2.45, 2.75) is 45.3 Å². The number of aryl methyl sites for hydroxylation is 2. The largest absolute Gasteiger partial charge is 0.389 e. The highest BCUT2D eigenvalue weighted by Gasteiger charge is 2.25. The second-order valence-electron chi connectivity index (χ2n) is 6.99. The zero-order chi connectivity index (χ0) is 19.7. The van der Waals surface area contributed by atoms with E-state index in [0.29, 0.717) is 29.4 Å². The molecule has 1 aliphatic rings. The highest BCUT2D eigenvalue weighted by molar-refractivity contribution is 5.92. The molecule has 0 aliphatic heterocycles. The van der Waals surface area contributed by atoms with Crippen molar-refractivity contribution in [2.75, 3.05) is 0 Å². The molecule has 0 spiro atoms. The van der Waals surface area contributed by atoms with Crippen LogP contribution in [0.2, 0.25) is 0 Å². The number of fused-ring (bicyclic) bond motifs is 1. The summed E-state index contributed by atoms with van der Waals surface area (Å²) in [5, 5.41) is 16.8. The number of aromatic nitrogens is 3. The molecule has 7 heteroatoms. The Bertz CT molecular complexity index is 1010. The molecule has 1 amide bonds. The van der Waals surface area contributed by atoms with Crippen molar-refractivity contribution < 1.29 is 14.4 Å². The summed E-state index contributed by atoms with van der Waals surface area (Å²) in [5.74, 6) is 0.967. The van der Waals surface area contributed by atoms with E-state index in [4.69, 9.17) is 4.52 Å². The van der Waals surface area contributed by atoms with Crippen LogP contribution in [-0.2, 0) is 12.8 Å². The van der Waals surface area contributed by atoms with Crippen molar-refractivity contribution in [1.29, 1.82) is 0 Å². The maximum Gasteiger partial charge on any atom is 0.270 e. The van der Waals surface area contributed by atoms with Crippen LogP contribution in [0.4, 0.5) is 0 Å². The summed E-state index contributed by atoms with van der Waals surface area (Å²) in [5.41, 5.74) is 4.17. The van der Waals surface area contributed by atoms with Gasteiger partial charge in [-0.3, -0.25) is 9.78 Å². The van der Waals surface area contributed by atoms with Crippen molar-refractivity contribution in [2.24, 2.45) is 0 Å². The van der Waals surface area contributed by atoms with Crippen molar-refractivity contribution >= 4 is 5.91 Å². The molecule has 0 fully saturated rings. The number of carbonyl (C=O) groups is 1. The van der Waals surface area contributed by atoms with E-state index in [9.17, 15) is 9.90 Å². The minimum atomic E-state index is -0.640. The molecule has 2 atom stereocenters. The third-order valence-electron chi connectivity index (χ3n) is 5.05. The smallest absolute Gasteiger partial charge is 0.270 e. The highest BCUT2D eigenvalue weighted by Crippen LogP contribution is 2.34. The average molecular weight is 378 g/mol. The number of nitrogens with one attached hydrogen (secondary N) is 1. The number of rotatable bonds is 5. The highest BCUT2D eigenvalue weighted by atomic mass is 16.5. The summed E-state index contributed by atoms with van der Waals surface area (Å²) < 4.78 is 5.19. The Morgan fingerprint density at radius 3 is 2.96 bits per heavy atom. The van der Waals surface area contributed by atoms with Gasteiger partial charge in [0.15, 0.2) is 0 Å². The van der Waals surface area contributed by atoms with Crippen LogP contribution >= 0.6 is 0 Å². The number of benzene rings is 1. The minimum Gasteiger partial charge on any atom is -0.389 e. The summed E-state index contributed by atoms with van der Waals surface area (Å²) in [7, 11) is 0. The summed E-state index contributed by atoms with van der Waals surface area (Å²) in [6, 6.07) is 9.31. The van der Waals surface area contributed by atoms with Crippen LogP contribution in [0.1, 0.15) is 65.5 Å². The maximum atomic E-state index is 12.6. The van der Waals surface area contributed by atoms with Crippen LogP contribution in [0.5, 0.6) is 0 Å². The molecule has 1 aromatic carbocycles. The first-order valence-corrected chi connectivity index (χ1v) is 9.45. The van der Waals surface area contributed by atoms with Gasteiger partial charge >= 0.3 is 0 Å². The first kappa shape index (κ1) is 18.3. The van der Waals surface area contributed by atoms with E-state index in [1.807, 2.05) is 19.1 Å². The predicted octanol–water partition coefficient (Wildman–Crippen LogP) is 3.16. The molecule has 0 saturated heterocycles. The fraction of sp³-hybridized carbons (Fsp3) is 0.333. The molecule has 2 aromatic heterocycles. The lowest BCUT2D eigenvalue weighted by Gasteiger charge is -2.14. The van der Waals surface area contributed by atoms with E-state index in [-0.39, 0.29) is 11.9 Å². The predicted molar refractivity (Wildman–Crippen MR) is 103 cm³/mol. The Kier molecular flexibility index (Phi) is 4.92. The third kappa shape index (κ3) is 3.53. The van der Waals surface area contributed by atoms with E-state index in [0.717, 1.165) is 24.0 Å². The summed E-state index contributed by atoms with van der Waals surface area (Å²) in [4.78, 5) is 21.1. The molecule has 1 aliphatic carbocycles. The second kappa shape index (κ2) is 7.52. The first-order valence-electron chi connectivity index (χ1n) is 9.45. The molecule has 0 saturated carbocycles. The first-order chi connectivity index (χ1) is 13.5. The fourth-order valence-electron chi connectivity index (χ4n) is 3.49. The molecule has 0 radical (unpaired) electrons. The van der Waals surface area contributed by atoms with Gasteiger partial charge in [-0.1, -0.05) is 24.2 Å². The van der Waals surface area contributed by atoms with Crippen LogP contribution in [0, 0.1) is 0 Å². The Labute approximate surface area is 162 Å². The molecule has 2 heterocycles. The Morgan fingerprint density at radius 1 is 1.36 bits per heavy atom. The molecule has 2 N–H and O–H groups in total. The Hall–Kier alpha value is -3.06. The van der Waals surface area contributed by atoms with Gasteiger partial charge < -0.3 is 14.9 Å². The number of pyridine rings is 1. The van der Waals surface area contributed by atoms with E-state index in [2.05, 4.69) is 26.5 Å². The molecular weight excluding hydrogens is 356 g/mol. The molecule has 0 bridgehead atoms. The van der Waals surface area contributed by atoms with E-state index in [1.54, 1.807) is 25.3 Å². The molecular formula is C21H22N4O3. The van der Waals surface area contributed by atoms with Crippen LogP contribution in [-0.4, -0.2) is 26.1 Å². The molecule has 1 unspecified atom stereocenters. The number of aliphatic hydroxyl groups is 1. The normalized spacial score (nSPS) is 16.6. The lowest BCUT2D eigenvalue weighted by Crippen LogP contribution is -2.28. The number of carbonyl (C=O) groups excluding carboxylic acids is 1. The van der Waals surface area contributed by atoms with Gasteiger partial charge in [0.05, 0.1) is 12.1 Å². The van der Waals surface area contributed by atoms with Gasteiger partial charge in [-0.25, -0.2) is 0 Å². The van der Waals surface area contributed by atoms with E-state index in [1.165, 1.54) is 5.56 Å². The van der Waals surface area contributed by atoms with Gasteiger partial charge in [0.25, 0.3) is 5.91 Å². The summed E-state index contributed by atoms with van der Waals surface area (Å²) in [6.07, 6.45) is 3.30. The van der Waals surface area contributed by atoms with Crippen molar-refractivity contribution in [1.82, 2.24) is 20.4 Å². The minimum absolute atomic E-state index is 0.0648. The van der Waals surface area contributed by atoms with E-state index >= 15 is 0 Å². The zero-order valence-corrected chi connectivity index (χ0v) is 15.8. The van der Waals surface area contributed by atoms with Gasteiger partial charge in [-0.15, -0.1) is 0 Å². The standard InChI is InChI=1S/C21H22N4O3/c1-3-19-24-20(25-28-19)15-4-6-16-14(10-15)5-7-17(16)23-21(27)18-11-13(12(2)26)8-9-22-18/h4,6,8-12,17,26H,3,5,7H2,1-2H3,(H,23,27)/t12?,17-/m1/s1. The van der Waals surface area contributed by atoms with Crippen LogP contribution in [0.25, 0.3) is 11.4 Å². The van der Waals surface area contributed by atoms with Crippen molar-refractivity contribution in [3.05, 3.63) is 64.8 Å². The second-order valence-corrected chi connectivity index (χ2v) is 6.99. The average Bonchev–Trinajstić information content (AvgIpc) is 3.35. The number of nitrogens with zero attached hydrogens (tertiary/aromatic N) is 3. The quantitative estimate of drug-likeness (QED) is 0.707. The Morgan fingerprint density at radius 2 is 2.21 bits per heavy atom. The maximum absolute atomic E-state index is 12.6. The van der Waals surface area contributed by atoms with Crippen molar-refractivity contribution in [3.63, 3.8) is 0 Å². The van der Waals surface area contributed by atoms with E-state index < -0.39 is 6.10 Å². The lowest BCUT2D eigenvalue weighted by atomic mass is 10.0. The molecule has 7 nitrogen and oxygen atoms in total. The van der Waals surface area contributed by atoms with Gasteiger partial charge in [-0.05, 0) is 54.7 Å². The number of aliphatic hydroxyl groups excluding tert-OH is 1. The summed E-state index contributed by atoms with van der Waals surface area (Å²) >= 11 is 0. The monoisotopic (exact) mass is 378 g/mol. The molecule has 4 rings (SSSR count). The third-order valence-corrected chi connectivity index (χ3v) is 5.05. The Balaban J connectivity index is 1.52. The fourth-order valence-corrected chi connectivity index (χ4v) is 3.49. The zero-order valence-electron chi connectivity index (χ0n) is 15.8. The van der Waals surface area contributed by atoms with Crippen LogP contribution in [0.15, 0.2) is 41.1 Å². The molecule has 28 heavy (non-hydrogen) atoms. The lowest BCUT2D eigenvalue weighted by molar-refractivity contribution is 0.0931. The van der Waals surface area contributed by atoms with Crippen LogP contribution in [0.3, 0.4) is 0 Å². The topological polar surface area (TPSA) is 101 Å². The van der Waals surface area contributed by atoms with Crippen LogP contribution < -0.4 is 5.32 Å². The number of hydrogen-bond acceptors (Lipinski definition) is 6. The van der Waals surface area contributed by atoms with Crippen molar-refractivity contribution in [3.8, 4) is 11.4 Å². The van der Waals surface area contributed by atoms with Gasteiger partial charge in [0.2, 0.25) is 11.7 Å².